The largest absolute Gasteiger partial charge is 0.492 e. The van der Waals surface area contributed by atoms with Crippen LogP contribution in [-0.4, -0.2) is 27.5 Å². The number of benzene rings is 1. The number of hydrogen-bond donors (Lipinski definition) is 1. The molecule has 0 aliphatic heterocycles. The maximum Gasteiger partial charge on any atom is 0.265 e. The summed E-state index contributed by atoms with van der Waals surface area (Å²) in [5.74, 6) is -2.04. The number of methoxy groups -OCH3 is 1. The molecule has 0 saturated heterocycles. The van der Waals surface area contributed by atoms with Crippen LogP contribution in [0.15, 0.2) is 17.0 Å². The number of rotatable bonds is 6. The summed E-state index contributed by atoms with van der Waals surface area (Å²) >= 11 is 0. The molecule has 118 valence electrons. The van der Waals surface area contributed by atoms with Crippen LogP contribution in [0, 0.1) is 5.82 Å². The van der Waals surface area contributed by atoms with E-state index in [2.05, 4.69) is 5.32 Å². The van der Waals surface area contributed by atoms with Crippen molar-refractivity contribution in [1.29, 1.82) is 0 Å². The number of nitrogens with one attached hydrogen (secondary N) is 1. The molecular weight excluding hydrogens is 321 g/mol. The highest BCUT2D eigenvalue weighted by atomic mass is 35.7. The highest BCUT2D eigenvalue weighted by Gasteiger charge is 2.24. The molecule has 1 aromatic carbocycles. The lowest BCUT2D eigenvalue weighted by molar-refractivity contribution is 0.0934. The second kappa shape index (κ2) is 7.09. The van der Waals surface area contributed by atoms with Crippen LogP contribution in [0.1, 0.15) is 37.0 Å². The van der Waals surface area contributed by atoms with Crippen LogP contribution in [0.5, 0.6) is 5.75 Å². The Bertz CT molecular complexity index is 629. The Balaban J connectivity index is 3.28. The van der Waals surface area contributed by atoms with Crippen molar-refractivity contribution in [3.8, 4) is 5.75 Å². The molecule has 0 radical (unpaired) electrons. The lowest BCUT2D eigenvalue weighted by atomic mass is 10.1. The topological polar surface area (TPSA) is 72.5 Å². The second-order valence-corrected chi connectivity index (χ2v) is 6.95. The lowest BCUT2D eigenvalue weighted by Crippen LogP contribution is -2.33. The first kappa shape index (κ1) is 17.7. The molecule has 0 aromatic heterocycles. The number of carbonyl (C=O) groups is 1. The summed E-state index contributed by atoms with van der Waals surface area (Å²) in [5.41, 5.74) is -0.126. The third-order valence-corrected chi connectivity index (χ3v) is 4.39. The van der Waals surface area contributed by atoms with Gasteiger partial charge in [0.1, 0.15) is 4.90 Å². The molecule has 0 heterocycles. The Morgan fingerprint density at radius 2 is 1.95 bits per heavy atom. The zero-order valence-corrected chi connectivity index (χ0v) is 13.5. The Hall–Kier alpha value is -1.34. The molecule has 0 fully saturated rings. The van der Waals surface area contributed by atoms with E-state index in [-0.39, 0.29) is 11.6 Å². The minimum atomic E-state index is -4.24. The van der Waals surface area contributed by atoms with Crippen molar-refractivity contribution in [3.63, 3.8) is 0 Å². The van der Waals surface area contributed by atoms with Gasteiger partial charge in [0.25, 0.3) is 15.0 Å². The molecule has 8 heteroatoms. The Labute approximate surface area is 127 Å². The van der Waals surface area contributed by atoms with Crippen LogP contribution in [0.3, 0.4) is 0 Å². The minimum Gasteiger partial charge on any atom is -0.492 e. The maximum atomic E-state index is 13.9. The van der Waals surface area contributed by atoms with E-state index in [0.717, 1.165) is 19.2 Å². The van der Waals surface area contributed by atoms with Gasteiger partial charge in [-0.15, -0.1) is 0 Å². The van der Waals surface area contributed by atoms with Crippen LogP contribution in [0.25, 0.3) is 0 Å². The van der Waals surface area contributed by atoms with Crippen molar-refractivity contribution in [3.05, 3.63) is 23.5 Å². The van der Waals surface area contributed by atoms with E-state index in [0.29, 0.717) is 12.8 Å². The molecule has 1 rings (SSSR count). The van der Waals surface area contributed by atoms with E-state index in [1.165, 1.54) is 0 Å². The summed E-state index contributed by atoms with van der Waals surface area (Å²) in [6, 6.07) is 1.85. The number of ether oxygens (including phenoxy) is 1. The van der Waals surface area contributed by atoms with Crippen molar-refractivity contribution in [2.24, 2.45) is 0 Å². The number of hydrogen-bond acceptors (Lipinski definition) is 4. The van der Waals surface area contributed by atoms with Crippen LogP contribution in [0.2, 0.25) is 0 Å². The number of amides is 1. The molecular formula is C13H17ClFNO4S. The Kier molecular flexibility index (Phi) is 5.98. The lowest BCUT2D eigenvalue weighted by Gasteiger charge is -2.15. The fourth-order valence-corrected chi connectivity index (χ4v) is 2.85. The smallest absolute Gasteiger partial charge is 0.265 e. The first-order valence-corrected chi connectivity index (χ1v) is 8.68. The summed E-state index contributed by atoms with van der Waals surface area (Å²) in [5, 5.41) is 2.69. The summed E-state index contributed by atoms with van der Waals surface area (Å²) < 4.78 is 41.5. The molecule has 1 N–H and O–H groups in total. The normalized spacial score (nSPS) is 11.5. The summed E-state index contributed by atoms with van der Waals surface area (Å²) in [6.07, 6.45) is 1.42. The molecule has 0 aliphatic carbocycles. The van der Waals surface area contributed by atoms with Crippen molar-refractivity contribution in [2.75, 3.05) is 7.11 Å². The van der Waals surface area contributed by atoms with Gasteiger partial charge in [-0.05, 0) is 25.0 Å². The fourth-order valence-electron chi connectivity index (χ4n) is 1.84. The van der Waals surface area contributed by atoms with Crippen LogP contribution in [-0.2, 0) is 9.05 Å². The SMILES string of the molecule is CCC(CC)NC(=O)c1cc(F)c(OC)c(S(=O)(=O)Cl)c1. The monoisotopic (exact) mass is 337 g/mol. The van der Waals surface area contributed by atoms with Gasteiger partial charge in [0, 0.05) is 22.3 Å². The first-order chi connectivity index (χ1) is 9.74. The maximum absolute atomic E-state index is 13.9. The zero-order chi connectivity index (χ0) is 16.2. The van der Waals surface area contributed by atoms with Gasteiger partial charge in [-0.25, -0.2) is 12.8 Å². The van der Waals surface area contributed by atoms with Gasteiger partial charge in [-0.3, -0.25) is 4.79 Å². The van der Waals surface area contributed by atoms with Gasteiger partial charge in [0.05, 0.1) is 7.11 Å². The van der Waals surface area contributed by atoms with Crippen molar-refractivity contribution in [1.82, 2.24) is 5.32 Å². The molecule has 0 atom stereocenters. The van der Waals surface area contributed by atoms with Gasteiger partial charge in [-0.2, -0.15) is 0 Å². The molecule has 1 aromatic rings. The van der Waals surface area contributed by atoms with E-state index in [4.69, 9.17) is 15.4 Å². The third kappa shape index (κ3) is 4.31. The van der Waals surface area contributed by atoms with Gasteiger partial charge in [0.2, 0.25) is 0 Å². The molecule has 0 unspecified atom stereocenters. The first-order valence-electron chi connectivity index (χ1n) is 6.37. The van der Waals surface area contributed by atoms with E-state index < -0.39 is 31.4 Å². The van der Waals surface area contributed by atoms with Gasteiger partial charge >= 0.3 is 0 Å². The number of halogens is 2. The second-order valence-electron chi connectivity index (χ2n) is 4.41. The van der Waals surface area contributed by atoms with E-state index >= 15 is 0 Å². The highest BCUT2D eigenvalue weighted by Crippen LogP contribution is 2.31. The molecule has 21 heavy (non-hydrogen) atoms. The Morgan fingerprint density at radius 1 is 1.38 bits per heavy atom. The minimum absolute atomic E-state index is 0.0706. The predicted octanol–water partition coefficient (Wildman–Crippen LogP) is 2.68. The Morgan fingerprint density at radius 3 is 2.38 bits per heavy atom. The number of carbonyl (C=O) groups excluding carboxylic acids is 1. The van der Waals surface area contributed by atoms with Gasteiger partial charge in [0.15, 0.2) is 11.6 Å². The summed E-state index contributed by atoms with van der Waals surface area (Å²) in [4.78, 5) is 11.5. The highest BCUT2D eigenvalue weighted by molar-refractivity contribution is 8.13. The summed E-state index contributed by atoms with van der Waals surface area (Å²) in [7, 11) is 2.13. The summed E-state index contributed by atoms with van der Waals surface area (Å²) in [6.45, 7) is 3.80. The van der Waals surface area contributed by atoms with Crippen molar-refractivity contribution >= 4 is 25.6 Å². The molecule has 5 nitrogen and oxygen atoms in total. The molecule has 0 spiro atoms. The van der Waals surface area contributed by atoms with E-state index in [1.807, 2.05) is 13.8 Å². The van der Waals surface area contributed by atoms with Crippen molar-refractivity contribution < 1.29 is 22.3 Å². The average Bonchev–Trinajstić information content (AvgIpc) is 2.42. The van der Waals surface area contributed by atoms with E-state index in [1.54, 1.807) is 0 Å². The predicted molar refractivity (Wildman–Crippen MR) is 77.8 cm³/mol. The molecule has 0 aliphatic rings. The zero-order valence-electron chi connectivity index (χ0n) is 11.9. The van der Waals surface area contributed by atoms with Crippen molar-refractivity contribution in [2.45, 2.75) is 37.6 Å². The third-order valence-electron chi connectivity index (χ3n) is 3.06. The van der Waals surface area contributed by atoms with Gasteiger partial charge in [-0.1, -0.05) is 13.8 Å². The van der Waals surface area contributed by atoms with Gasteiger partial charge < -0.3 is 10.1 Å². The van der Waals surface area contributed by atoms with Crippen LogP contribution < -0.4 is 10.1 Å². The quantitative estimate of drug-likeness (QED) is 0.810. The van der Waals surface area contributed by atoms with Crippen LogP contribution >= 0.6 is 10.7 Å². The fraction of sp³-hybridized carbons (Fsp3) is 0.462. The van der Waals surface area contributed by atoms with Crippen LogP contribution in [0.4, 0.5) is 4.39 Å². The molecule has 0 saturated carbocycles. The molecule has 1 amide bonds. The average molecular weight is 338 g/mol. The molecule has 0 bridgehead atoms. The standard InChI is InChI=1S/C13H17ClFNO4S/c1-4-9(5-2)16-13(17)8-6-10(15)12(20-3)11(7-8)21(14,18)19/h6-7,9H,4-5H2,1-3H3,(H,16,17). The van der Waals surface area contributed by atoms with E-state index in [9.17, 15) is 17.6 Å².